The monoisotopic (exact) mass is 487 g/mol. The number of carbonyl (C=O) groups is 2. The highest BCUT2D eigenvalue weighted by Crippen LogP contribution is 2.33. The Balaban J connectivity index is 1.94. The van der Waals surface area contributed by atoms with Crippen molar-refractivity contribution in [3.63, 3.8) is 0 Å². The standard InChI is InChI=1S/C27H28F3NO4/c1-3-5-16-26(4-2,25(33)34)31-24(32)22-15-12-19-8-6-7-9-21(19)23(22)35-17-18-10-13-20(14-11-18)27(28,29)30/h6-15H,3-5,16-17H2,1-2H3,(H,31,32)(H,33,34). The van der Waals surface area contributed by atoms with Crippen molar-refractivity contribution in [1.29, 1.82) is 0 Å². The number of fused-ring (bicyclic) bond motifs is 1. The molecule has 0 saturated heterocycles. The van der Waals surface area contributed by atoms with Crippen LogP contribution in [0.3, 0.4) is 0 Å². The number of carbonyl (C=O) groups excluding carboxylic acids is 1. The van der Waals surface area contributed by atoms with E-state index in [0.717, 1.165) is 23.9 Å². The van der Waals surface area contributed by atoms with Crippen LogP contribution in [0.15, 0.2) is 60.7 Å². The summed E-state index contributed by atoms with van der Waals surface area (Å²) in [5, 5.41) is 14.0. The zero-order valence-electron chi connectivity index (χ0n) is 19.6. The molecule has 186 valence electrons. The van der Waals surface area contributed by atoms with Crippen LogP contribution in [-0.4, -0.2) is 22.5 Å². The molecule has 2 N–H and O–H groups in total. The van der Waals surface area contributed by atoms with Crippen LogP contribution in [0, 0.1) is 0 Å². The van der Waals surface area contributed by atoms with Gasteiger partial charge in [-0.15, -0.1) is 0 Å². The fourth-order valence-corrected chi connectivity index (χ4v) is 3.93. The maximum Gasteiger partial charge on any atom is 0.416 e. The third-order valence-corrected chi connectivity index (χ3v) is 6.11. The third-order valence-electron chi connectivity index (χ3n) is 6.11. The quantitative estimate of drug-likeness (QED) is 0.338. The summed E-state index contributed by atoms with van der Waals surface area (Å²) in [5.74, 6) is -1.44. The number of alkyl halides is 3. The van der Waals surface area contributed by atoms with Crippen LogP contribution in [0.1, 0.15) is 61.0 Å². The topological polar surface area (TPSA) is 75.6 Å². The van der Waals surface area contributed by atoms with E-state index in [0.29, 0.717) is 17.4 Å². The van der Waals surface area contributed by atoms with Crippen LogP contribution in [-0.2, 0) is 17.6 Å². The van der Waals surface area contributed by atoms with Gasteiger partial charge < -0.3 is 15.2 Å². The fourth-order valence-electron chi connectivity index (χ4n) is 3.93. The zero-order valence-corrected chi connectivity index (χ0v) is 19.6. The molecule has 0 aliphatic heterocycles. The largest absolute Gasteiger partial charge is 0.487 e. The normalized spacial score (nSPS) is 13.3. The van der Waals surface area contributed by atoms with Crippen LogP contribution in [0.25, 0.3) is 10.8 Å². The predicted octanol–water partition coefficient (Wildman–Crippen LogP) is 6.59. The van der Waals surface area contributed by atoms with Gasteiger partial charge in [0.2, 0.25) is 0 Å². The molecule has 1 atom stereocenters. The van der Waals surface area contributed by atoms with Gasteiger partial charge in [0.15, 0.2) is 0 Å². The molecule has 3 aromatic carbocycles. The molecule has 3 aromatic rings. The summed E-state index contributed by atoms with van der Waals surface area (Å²) in [6.07, 6.45) is -2.52. The minimum atomic E-state index is -4.44. The Morgan fingerprint density at radius 3 is 2.26 bits per heavy atom. The van der Waals surface area contributed by atoms with E-state index >= 15 is 0 Å². The van der Waals surface area contributed by atoms with Crippen molar-refractivity contribution in [2.24, 2.45) is 0 Å². The zero-order chi connectivity index (χ0) is 25.6. The van der Waals surface area contributed by atoms with Gasteiger partial charge in [0.1, 0.15) is 17.9 Å². The van der Waals surface area contributed by atoms with Crippen LogP contribution >= 0.6 is 0 Å². The molecule has 8 heteroatoms. The van der Waals surface area contributed by atoms with E-state index in [1.807, 2.05) is 19.1 Å². The summed E-state index contributed by atoms with van der Waals surface area (Å²) < 4.78 is 44.6. The molecular weight excluding hydrogens is 459 g/mol. The number of benzene rings is 3. The lowest BCUT2D eigenvalue weighted by Crippen LogP contribution is -2.54. The van der Waals surface area contributed by atoms with E-state index in [1.54, 1.807) is 31.2 Å². The van der Waals surface area contributed by atoms with Crippen molar-refractivity contribution in [3.05, 3.63) is 77.4 Å². The van der Waals surface area contributed by atoms with Crippen molar-refractivity contribution < 1.29 is 32.6 Å². The molecule has 0 aromatic heterocycles. The second-order valence-electron chi connectivity index (χ2n) is 8.45. The number of rotatable bonds is 10. The number of hydrogen-bond donors (Lipinski definition) is 2. The van der Waals surface area contributed by atoms with Crippen molar-refractivity contribution in [2.75, 3.05) is 0 Å². The molecule has 5 nitrogen and oxygen atoms in total. The Morgan fingerprint density at radius 1 is 0.971 bits per heavy atom. The lowest BCUT2D eigenvalue weighted by Gasteiger charge is -2.30. The number of amides is 1. The fraction of sp³-hybridized carbons (Fsp3) is 0.333. The van der Waals surface area contributed by atoms with Gasteiger partial charge in [-0.05, 0) is 42.0 Å². The van der Waals surface area contributed by atoms with E-state index in [2.05, 4.69) is 5.32 Å². The summed E-state index contributed by atoms with van der Waals surface area (Å²) in [6.45, 7) is 3.59. The van der Waals surface area contributed by atoms with Crippen molar-refractivity contribution in [3.8, 4) is 5.75 Å². The number of halogens is 3. The number of aliphatic carboxylic acids is 1. The number of carboxylic acids is 1. The summed E-state index contributed by atoms with van der Waals surface area (Å²) in [7, 11) is 0. The highest BCUT2D eigenvalue weighted by Gasteiger charge is 2.38. The Morgan fingerprint density at radius 2 is 1.66 bits per heavy atom. The molecule has 1 unspecified atom stereocenters. The van der Waals surface area contributed by atoms with E-state index in [1.165, 1.54) is 12.1 Å². The highest BCUT2D eigenvalue weighted by molar-refractivity contribution is 6.05. The minimum Gasteiger partial charge on any atom is -0.487 e. The Hall–Kier alpha value is -3.55. The lowest BCUT2D eigenvalue weighted by molar-refractivity contribution is -0.145. The molecule has 0 saturated carbocycles. The van der Waals surface area contributed by atoms with Crippen molar-refractivity contribution >= 4 is 22.6 Å². The predicted molar refractivity (Wildman–Crippen MR) is 127 cm³/mol. The molecular formula is C27H28F3NO4. The van der Waals surface area contributed by atoms with Crippen molar-refractivity contribution in [2.45, 2.75) is 57.9 Å². The van der Waals surface area contributed by atoms with Crippen LogP contribution in [0.2, 0.25) is 0 Å². The van der Waals surface area contributed by atoms with Crippen LogP contribution in [0.4, 0.5) is 13.2 Å². The molecule has 0 fully saturated rings. The average molecular weight is 488 g/mol. The van der Waals surface area contributed by atoms with Gasteiger partial charge in [-0.1, -0.05) is 69.2 Å². The average Bonchev–Trinajstić information content (AvgIpc) is 2.84. The number of hydrogen-bond acceptors (Lipinski definition) is 3. The van der Waals surface area contributed by atoms with E-state index in [4.69, 9.17) is 4.74 Å². The van der Waals surface area contributed by atoms with Gasteiger partial charge in [-0.2, -0.15) is 13.2 Å². The second kappa shape index (κ2) is 10.8. The summed E-state index contributed by atoms with van der Waals surface area (Å²) in [6, 6.07) is 15.2. The maximum atomic E-state index is 13.3. The second-order valence-corrected chi connectivity index (χ2v) is 8.45. The molecule has 0 radical (unpaired) electrons. The third kappa shape index (κ3) is 5.93. The molecule has 1 amide bonds. The number of ether oxygens (including phenoxy) is 1. The smallest absolute Gasteiger partial charge is 0.416 e. The number of carboxylic acid groups (broad SMARTS) is 1. The first kappa shape index (κ1) is 26.1. The molecule has 35 heavy (non-hydrogen) atoms. The van der Waals surface area contributed by atoms with Gasteiger partial charge >= 0.3 is 12.1 Å². The molecule has 0 aliphatic rings. The van der Waals surface area contributed by atoms with Crippen LogP contribution in [0.5, 0.6) is 5.75 Å². The van der Waals surface area contributed by atoms with Gasteiger partial charge in [-0.3, -0.25) is 4.79 Å². The van der Waals surface area contributed by atoms with E-state index in [-0.39, 0.29) is 30.8 Å². The van der Waals surface area contributed by atoms with Gasteiger partial charge in [0.25, 0.3) is 5.91 Å². The first-order valence-corrected chi connectivity index (χ1v) is 11.5. The molecule has 3 rings (SSSR count). The minimum absolute atomic E-state index is 0.0693. The molecule has 0 spiro atoms. The SMILES string of the molecule is CCCCC(CC)(NC(=O)c1ccc2ccccc2c1OCc1ccc(C(F)(F)F)cc1)C(=O)O. The Labute approximate surface area is 201 Å². The van der Waals surface area contributed by atoms with E-state index < -0.39 is 29.2 Å². The molecule has 0 heterocycles. The summed E-state index contributed by atoms with van der Waals surface area (Å²) in [5.41, 5.74) is -1.52. The molecule has 0 bridgehead atoms. The van der Waals surface area contributed by atoms with Gasteiger partial charge in [0.05, 0.1) is 11.1 Å². The first-order chi connectivity index (χ1) is 16.6. The molecule has 0 aliphatic carbocycles. The number of nitrogens with one attached hydrogen (secondary N) is 1. The Kier molecular flexibility index (Phi) is 8.04. The lowest BCUT2D eigenvalue weighted by atomic mass is 9.89. The van der Waals surface area contributed by atoms with Crippen LogP contribution < -0.4 is 10.1 Å². The summed E-state index contributed by atoms with van der Waals surface area (Å²) >= 11 is 0. The van der Waals surface area contributed by atoms with E-state index in [9.17, 15) is 27.9 Å². The summed E-state index contributed by atoms with van der Waals surface area (Å²) in [4.78, 5) is 25.4. The van der Waals surface area contributed by atoms with Gasteiger partial charge in [0, 0.05) is 5.39 Å². The van der Waals surface area contributed by atoms with Gasteiger partial charge in [-0.25, -0.2) is 4.79 Å². The maximum absolute atomic E-state index is 13.3. The van der Waals surface area contributed by atoms with Crippen molar-refractivity contribution in [1.82, 2.24) is 5.32 Å². The highest BCUT2D eigenvalue weighted by atomic mass is 19.4. The Bertz CT molecular complexity index is 1190. The first-order valence-electron chi connectivity index (χ1n) is 11.5. The number of unbranched alkanes of at least 4 members (excludes halogenated alkanes) is 1.